The Balaban J connectivity index is 2.88. The number of nitrogens with two attached hydrogens (primary N) is 1. The molecule has 0 aromatic heterocycles. The Bertz CT molecular complexity index is 386. The fraction of sp³-hybridized carbons (Fsp3) is 0.571. The van der Waals surface area contributed by atoms with Gasteiger partial charge in [0, 0.05) is 12.1 Å². The third-order valence-electron chi connectivity index (χ3n) is 2.73. The third kappa shape index (κ3) is 5.42. The predicted octanol–water partition coefficient (Wildman–Crippen LogP) is 3.36. The van der Waals surface area contributed by atoms with Crippen molar-refractivity contribution >= 4 is 0 Å². The van der Waals surface area contributed by atoms with E-state index in [1.807, 2.05) is 13.8 Å². The van der Waals surface area contributed by atoms with E-state index < -0.39 is 6.61 Å². The van der Waals surface area contributed by atoms with Gasteiger partial charge in [0.25, 0.3) is 0 Å². The minimum Gasteiger partial charge on any atom is -0.493 e. The number of ether oxygens (including phenoxy) is 2. The lowest BCUT2D eigenvalue weighted by Crippen LogP contribution is -2.22. The molecular formula is C14H21F2NO2. The molecule has 0 aliphatic heterocycles. The molecule has 0 fully saturated rings. The lowest BCUT2D eigenvalue weighted by atomic mass is 10.0. The van der Waals surface area contributed by atoms with E-state index in [4.69, 9.17) is 10.5 Å². The van der Waals surface area contributed by atoms with Crippen LogP contribution in [-0.2, 0) is 6.42 Å². The highest BCUT2D eigenvalue weighted by atomic mass is 19.3. The number of hydrogen-bond donors (Lipinski definition) is 1. The zero-order valence-electron chi connectivity index (χ0n) is 11.4. The quantitative estimate of drug-likeness (QED) is 0.790. The molecule has 0 bridgehead atoms. The van der Waals surface area contributed by atoms with Crippen LogP contribution in [0.25, 0.3) is 0 Å². The van der Waals surface area contributed by atoms with Crippen LogP contribution in [0.15, 0.2) is 18.2 Å². The maximum absolute atomic E-state index is 12.4. The van der Waals surface area contributed by atoms with Gasteiger partial charge in [0.15, 0.2) is 0 Å². The van der Waals surface area contributed by atoms with Crippen LogP contribution < -0.4 is 15.2 Å². The normalized spacial score (nSPS) is 12.5. The zero-order chi connectivity index (χ0) is 14.3. The van der Waals surface area contributed by atoms with Gasteiger partial charge in [-0.25, -0.2) is 0 Å². The van der Waals surface area contributed by atoms with Crippen molar-refractivity contribution in [2.24, 2.45) is 5.73 Å². The Hall–Kier alpha value is -1.36. The first-order valence-corrected chi connectivity index (χ1v) is 6.52. The third-order valence-corrected chi connectivity index (χ3v) is 2.73. The van der Waals surface area contributed by atoms with Gasteiger partial charge in [0.1, 0.15) is 11.5 Å². The fourth-order valence-electron chi connectivity index (χ4n) is 1.65. The van der Waals surface area contributed by atoms with Crippen molar-refractivity contribution in [3.63, 3.8) is 0 Å². The average Bonchev–Trinajstić information content (AvgIpc) is 2.38. The molecule has 2 N–H and O–H groups in total. The van der Waals surface area contributed by atoms with E-state index in [0.29, 0.717) is 24.3 Å². The first-order chi connectivity index (χ1) is 9.06. The van der Waals surface area contributed by atoms with Crippen molar-refractivity contribution in [2.45, 2.75) is 45.8 Å². The van der Waals surface area contributed by atoms with Crippen LogP contribution in [0.5, 0.6) is 11.5 Å². The van der Waals surface area contributed by atoms with Crippen LogP contribution in [-0.4, -0.2) is 19.3 Å². The van der Waals surface area contributed by atoms with E-state index >= 15 is 0 Å². The van der Waals surface area contributed by atoms with Gasteiger partial charge in [-0.3, -0.25) is 0 Å². The lowest BCUT2D eigenvalue weighted by Gasteiger charge is -2.15. The fourth-order valence-corrected chi connectivity index (χ4v) is 1.65. The molecular weight excluding hydrogens is 252 g/mol. The van der Waals surface area contributed by atoms with Crippen LogP contribution in [0.3, 0.4) is 0 Å². The molecule has 1 aromatic rings. The predicted molar refractivity (Wildman–Crippen MR) is 70.8 cm³/mol. The van der Waals surface area contributed by atoms with E-state index in [9.17, 15) is 8.78 Å². The van der Waals surface area contributed by atoms with Gasteiger partial charge >= 0.3 is 6.61 Å². The summed E-state index contributed by atoms with van der Waals surface area (Å²) in [7, 11) is 0. The Morgan fingerprint density at radius 3 is 2.58 bits per heavy atom. The molecule has 0 amide bonds. The number of alkyl halides is 2. The molecule has 0 saturated heterocycles. The van der Waals surface area contributed by atoms with Crippen molar-refractivity contribution in [1.82, 2.24) is 0 Å². The Morgan fingerprint density at radius 1 is 1.26 bits per heavy atom. The number of halogens is 2. The maximum Gasteiger partial charge on any atom is 0.387 e. The van der Waals surface area contributed by atoms with Gasteiger partial charge in [-0.1, -0.05) is 19.9 Å². The molecule has 0 aliphatic carbocycles. The number of benzene rings is 1. The molecule has 5 heteroatoms. The first-order valence-electron chi connectivity index (χ1n) is 6.52. The summed E-state index contributed by atoms with van der Waals surface area (Å²) in [5.74, 6) is 0.679. The minimum absolute atomic E-state index is 0.0672. The van der Waals surface area contributed by atoms with Crippen LogP contribution in [0.1, 0.15) is 32.3 Å². The van der Waals surface area contributed by atoms with Gasteiger partial charge in [-0.15, -0.1) is 0 Å². The van der Waals surface area contributed by atoms with Crippen LogP contribution in [0, 0.1) is 0 Å². The minimum atomic E-state index is -2.85. The largest absolute Gasteiger partial charge is 0.493 e. The molecule has 0 spiro atoms. The monoisotopic (exact) mass is 273 g/mol. The highest BCUT2D eigenvalue weighted by Gasteiger charge is 2.13. The second-order valence-corrected chi connectivity index (χ2v) is 4.37. The molecule has 1 rings (SSSR count). The topological polar surface area (TPSA) is 44.5 Å². The van der Waals surface area contributed by atoms with E-state index in [1.54, 1.807) is 12.1 Å². The summed E-state index contributed by atoms with van der Waals surface area (Å²) >= 11 is 0. The van der Waals surface area contributed by atoms with Gasteiger partial charge in [0.05, 0.1) is 6.61 Å². The smallest absolute Gasteiger partial charge is 0.387 e. The van der Waals surface area contributed by atoms with Crippen molar-refractivity contribution in [2.75, 3.05) is 6.61 Å². The molecule has 19 heavy (non-hydrogen) atoms. The average molecular weight is 273 g/mol. The van der Waals surface area contributed by atoms with E-state index in [-0.39, 0.29) is 11.8 Å². The summed E-state index contributed by atoms with van der Waals surface area (Å²) in [4.78, 5) is 0. The molecule has 0 radical (unpaired) electrons. The van der Waals surface area contributed by atoms with Crippen LogP contribution in [0.2, 0.25) is 0 Å². The summed E-state index contributed by atoms with van der Waals surface area (Å²) in [6, 6.07) is 4.92. The summed E-state index contributed by atoms with van der Waals surface area (Å²) in [6.07, 6.45) is 2.14. The van der Waals surface area contributed by atoms with Gasteiger partial charge in [-0.2, -0.15) is 8.78 Å². The molecule has 0 heterocycles. The highest BCUT2D eigenvalue weighted by molar-refractivity contribution is 5.41. The summed E-state index contributed by atoms with van der Waals surface area (Å²) in [5.41, 5.74) is 6.53. The molecule has 108 valence electrons. The Morgan fingerprint density at radius 2 is 2.00 bits per heavy atom. The standard InChI is InChI=1S/C14H21F2NO2/c1-3-7-18-12-6-5-10(8-11(17)4-2)13(9-12)19-14(15)16/h5-6,9,11,14H,3-4,7-8,17H2,1-2H3. The first kappa shape index (κ1) is 15.7. The van der Waals surface area contributed by atoms with Gasteiger partial charge in [-0.05, 0) is 30.9 Å². The number of hydrogen-bond acceptors (Lipinski definition) is 3. The molecule has 0 aliphatic rings. The van der Waals surface area contributed by atoms with Crippen molar-refractivity contribution in [1.29, 1.82) is 0 Å². The van der Waals surface area contributed by atoms with Crippen molar-refractivity contribution < 1.29 is 18.3 Å². The van der Waals surface area contributed by atoms with Gasteiger partial charge < -0.3 is 15.2 Å². The summed E-state index contributed by atoms with van der Waals surface area (Å²) in [6.45, 7) is 1.63. The van der Waals surface area contributed by atoms with E-state index in [1.165, 1.54) is 6.07 Å². The SMILES string of the molecule is CCCOc1ccc(CC(N)CC)c(OC(F)F)c1. The Labute approximate surface area is 112 Å². The van der Waals surface area contributed by atoms with Crippen molar-refractivity contribution in [3.8, 4) is 11.5 Å². The molecule has 1 unspecified atom stereocenters. The summed E-state index contributed by atoms with van der Waals surface area (Å²) in [5, 5.41) is 0. The second-order valence-electron chi connectivity index (χ2n) is 4.37. The number of rotatable bonds is 8. The van der Waals surface area contributed by atoms with Crippen LogP contribution >= 0.6 is 0 Å². The van der Waals surface area contributed by atoms with E-state index in [0.717, 1.165) is 12.8 Å². The zero-order valence-corrected chi connectivity index (χ0v) is 11.4. The van der Waals surface area contributed by atoms with Crippen molar-refractivity contribution in [3.05, 3.63) is 23.8 Å². The molecule has 1 atom stereocenters. The van der Waals surface area contributed by atoms with Crippen LogP contribution in [0.4, 0.5) is 8.78 Å². The second kappa shape index (κ2) is 7.94. The van der Waals surface area contributed by atoms with E-state index in [2.05, 4.69) is 4.74 Å². The molecule has 1 aromatic carbocycles. The van der Waals surface area contributed by atoms with Gasteiger partial charge in [0.2, 0.25) is 0 Å². The maximum atomic E-state index is 12.4. The molecule has 3 nitrogen and oxygen atoms in total. The lowest BCUT2D eigenvalue weighted by molar-refractivity contribution is -0.0505. The summed E-state index contributed by atoms with van der Waals surface area (Å²) < 4.78 is 34.8. The highest BCUT2D eigenvalue weighted by Crippen LogP contribution is 2.27. The Kier molecular flexibility index (Phi) is 6.56. The molecule has 0 saturated carbocycles.